The van der Waals surface area contributed by atoms with Crippen LogP contribution in [-0.2, 0) is 6.61 Å². The van der Waals surface area contributed by atoms with Crippen molar-refractivity contribution in [3.63, 3.8) is 0 Å². The minimum atomic E-state index is 0.0367. The van der Waals surface area contributed by atoms with Gasteiger partial charge in [-0.3, -0.25) is 4.79 Å². The third-order valence-electron chi connectivity index (χ3n) is 2.25. The molecule has 0 saturated carbocycles. The summed E-state index contributed by atoms with van der Waals surface area (Å²) in [6, 6.07) is 10.9. The van der Waals surface area contributed by atoms with Gasteiger partial charge in [-0.25, -0.2) is 0 Å². The molecule has 0 radical (unpaired) electrons. The van der Waals surface area contributed by atoms with E-state index < -0.39 is 0 Å². The monoisotopic (exact) mass is 266 g/mol. The first-order chi connectivity index (χ1) is 8.15. The van der Waals surface area contributed by atoms with Gasteiger partial charge in [0.25, 0.3) is 0 Å². The van der Waals surface area contributed by atoms with Crippen LogP contribution >= 0.6 is 22.9 Å². The lowest BCUT2D eigenvalue weighted by atomic mass is 10.1. The molecule has 0 N–H and O–H groups in total. The van der Waals surface area contributed by atoms with Gasteiger partial charge in [0, 0.05) is 10.4 Å². The number of rotatable bonds is 4. The summed E-state index contributed by atoms with van der Waals surface area (Å²) in [5, 5.41) is 0. The number of Topliss-reactive ketones (excluding diaryl/α,β-unsaturated/α-hetero) is 1. The van der Waals surface area contributed by atoms with Gasteiger partial charge < -0.3 is 4.74 Å². The molecule has 4 heteroatoms. The Hall–Kier alpha value is -1.32. The van der Waals surface area contributed by atoms with Crippen LogP contribution in [0.25, 0.3) is 0 Å². The lowest BCUT2D eigenvalue weighted by Crippen LogP contribution is -1.96. The summed E-state index contributed by atoms with van der Waals surface area (Å²) in [6.45, 7) is 2.01. The van der Waals surface area contributed by atoms with Gasteiger partial charge in [-0.2, -0.15) is 0 Å². The van der Waals surface area contributed by atoms with Crippen molar-refractivity contribution in [1.29, 1.82) is 0 Å². The molecule has 0 aliphatic rings. The number of benzene rings is 1. The Morgan fingerprint density at radius 2 is 2.18 bits per heavy atom. The lowest BCUT2D eigenvalue weighted by molar-refractivity contribution is 0.101. The van der Waals surface area contributed by atoms with Crippen molar-refractivity contribution in [2.24, 2.45) is 0 Å². The van der Waals surface area contributed by atoms with Crippen molar-refractivity contribution in [2.45, 2.75) is 13.5 Å². The Labute approximate surface area is 109 Å². The summed E-state index contributed by atoms with van der Waals surface area (Å²) >= 11 is 7.32. The normalized spacial score (nSPS) is 10.2. The second-order valence-corrected chi connectivity index (χ2v) is 5.38. The SMILES string of the molecule is CC(=O)c1cccc(OCc2ccc(Cl)s2)c1. The molecule has 1 aromatic heterocycles. The van der Waals surface area contributed by atoms with Gasteiger partial charge in [-0.1, -0.05) is 23.7 Å². The molecule has 88 valence electrons. The Morgan fingerprint density at radius 3 is 2.82 bits per heavy atom. The van der Waals surface area contributed by atoms with Gasteiger partial charge in [0.2, 0.25) is 0 Å². The van der Waals surface area contributed by atoms with Gasteiger partial charge in [0.05, 0.1) is 4.34 Å². The molecule has 1 aromatic carbocycles. The summed E-state index contributed by atoms with van der Waals surface area (Å²) < 4.78 is 6.35. The summed E-state index contributed by atoms with van der Waals surface area (Å²) in [5.74, 6) is 0.733. The van der Waals surface area contributed by atoms with Crippen LogP contribution in [-0.4, -0.2) is 5.78 Å². The zero-order valence-electron chi connectivity index (χ0n) is 9.27. The molecule has 1 heterocycles. The van der Waals surface area contributed by atoms with Crippen LogP contribution in [0.4, 0.5) is 0 Å². The van der Waals surface area contributed by atoms with Crippen LogP contribution in [0.1, 0.15) is 22.2 Å². The average molecular weight is 267 g/mol. The minimum Gasteiger partial charge on any atom is -0.488 e. The van der Waals surface area contributed by atoms with E-state index in [1.54, 1.807) is 12.1 Å². The number of halogens is 1. The zero-order chi connectivity index (χ0) is 12.3. The standard InChI is InChI=1S/C13H11ClO2S/c1-9(15)10-3-2-4-11(7-10)16-8-12-5-6-13(14)17-12/h2-7H,8H2,1H3. The first-order valence-corrected chi connectivity index (χ1v) is 6.32. The van der Waals surface area contributed by atoms with Crippen LogP contribution in [0.2, 0.25) is 4.34 Å². The van der Waals surface area contributed by atoms with E-state index in [1.807, 2.05) is 24.3 Å². The second kappa shape index (κ2) is 5.34. The topological polar surface area (TPSA) is 26.3 Å². The molecule has 2 aromatic rings. The average Bonchev–Trinajstić information content (AvgIpc) is 2.73. The Balaban J connectivity index is 2.04. The van der Waals surface area contributed by atoms with Crippen molar-refractivity contribution >= 4 is 28.7 Å². The second-order valence-electron chi connectivity index (χ2n) is 3.58. The number of carbonyl (C=O) groups is 1. The predicted molar refractivity (Wildman–Crippen MR) is 70.1 cm³/mol. The molecule has 0 spiro atoms. The summed E-state index contributed by atoms with van der Waals surface area (Å²) in [6.07, 6.45) is 0. The molecular formula is C13H11ClO2S. The van der Waals surface area contributed by atoms with E-state index in [0.29, 0.717) is 17.9 Å². The van der Waals surface area contributed by atoms with Crippen LogP contribution < -0.4 is 4.74 Å². The highest BCUT2D eigenvalue weighted by Crippen LogP contribution is 2.23. The maximum Gasteiger partial charge on any atom is 0.159 e. The van der Waals surface area contributed by atoms with Crippen molar-refractivity contribution < 1.29 is 9.53 Å². The Morgan fingerprint density at radius 1 is 1.35 bits per heavy atom. The van der Waals surface area contributed by atoms with Gasteiger partial charge in [-0.05, 0) is 31.2 Å². The van der Waals surface area contributed by atoms with Crippen molar-refractivity contribution in [2.75, 3.05) is 0 Å². The smallest absolute Gasteiger partial charge is 0.159 e. The molecule has 0 saturated heterocycles. The summed E-state index contributed by atoms with van der Waals surface area (Å²) in [5.41, 5.74) is 0.659. The molecule has 0 amide bonds. The number of hydrogen-bond donors (Lipinski definition) is 0. The number of hydrogen-bond acceptors (Lipinski definition) is 3. The molecule has 0 fully saturated rings. The van der Waals surface area contributed by atoms with E-state index in [-0.39, 0.29) is 5.78 Å². The first kappa shape index (κ1) is 12.1. The maximum atomic E-state index is 11.2. The molecular weight excluding hydrogens is 256 g/mol. The van der Waals surface area contributed by atoms with Crippen LogP contribution in [0, 0.1) is 0 Å². The molecule has 17 heavy (non-hydrogen) atoms. The number of ketones is 1. The molecule has 0 aliphatic carbocycles. The highest BCUT2D eigenvalue weighted by molar-refractivity contribution is 7.16. The third-order valence-corrected chi connectivity index (χ3v) is 3.46. The fourth-order valence-electron chi connectivity index (χ4n) is 1.39. The van der Waals surface area contributed by atoms with Gasteiger partial charge in [0.15, 0.2) is 5.78 Å². The van der Waals surface area contributed by atoms with Crippen molar-refractivity contribution in [1.82, 2.24) is 0 Å². The van der Waals surface area contributed by atoms with Crippen LogP contribution in [0.15, 0.2) is 36.4 Å². The highest BCUT2D eigenvalue weighted by atomic mass is 35.5. The molecule has 2 nitrogen and oxygen atoms in total. The van der Waals surface area contributed by atoms with E-state index in [2.05, 4.69) is 0 Å². The largest absolute Gasteiger partial charge is 0.488 e. The van der Waals surface area contributed by atoms with Gasteiger partial charge in [-0.15, -0.1) is 11.3 Å². The fraction of sp³-hybridized carbons (Fsp3) is 0.154. The van der Waals surface area contributed by atoms with Crippen molar-refractivity contribution in [3.05, 3.63) is 51.2 Å². The van der Waals surface area contributed by atoms with Crippen molar-refractivity contribution in [3.8, 4) is 5.75 Å². The molecule has 0 aliphatic heterocycles. The number of carbonyl (C=O) groups excluding carboxylic acids is 1. The van der Waals surface area contributed by atoms with Crippen LogP contribution in [0.5, 0.6) is 5.75 Å². The molecule has 0 unspecified atom stereocenters. The van der Waals surface area contributed by atoms with Gasteiger partial charge >= 0.3 is 0 Å². The van der Waals surface area contributed by atoms with E-state index in [0.717, 1.165) is 9.21 Å². The van der Waals surface area contributed by atoms with E-state index in [9.17, 15) is 4.79 Å². The highest BCUT2D eigenvalue weighted by Gasteiger charge is 2.02. The number of ether oxygens (including phenoxy) is 1. The Kier molecular flexibility index (Phi) is 3.82. The quantitative estimate of drug-likeness (QED) is 0.776. The van der Waals surface area contributed by atoms with Crippen LogP contribution in [0.3, 0.4) is 0 Å². The van der Waals surface area contributed by atoms with E-state index in [1.165, 1.54) is 18.3 Å². The number of thiophene rings is 1. The first-order valence-electron chi connectivity index (χ1n) is 5.13. The molecule has 2 rings (SSSR count). The zero-order valence-corrected chi connectivity index (χ0v) is 10.8. The van der Waals surface area contributed by atoms with Gasteiger partial charge in [0.1, 0.15) is 12.4 Å². The summed E-state index contributed by atoms with van der Waals surface area (Å²) in [7, 11) is 0. The maximum absolute atomic E-state index is 11.2. The fourth-order valence-corrected chi connectivity index (χ4v) is 2.39. The van der Waals surface area contributed by atoms with E-state index in [4.69, 9.17) is 16.3 Å². The molecule has 0 atom stereocenters. The summed E-state index contributed by atoms with van der Waals surface area (Å²) in [4.78, 5) is 12.3. The lowest BCUT2D eigenvalue weighted by Gasteiger charge is -2.05. The third kappa shape index (κ3) is 3.32. The molecule has 0 bridgehead atoms. The van der Waals surface area contributed by atoms with E-state index >= 15 is 0 Å². The minimum absolute atomic E-state index is 0.0367. The Bertz CT molecular complexity index is 534. The predicted octanol–water partition coefficient (Wildman–Crippen LogP) is 4.18.